The van der Waals surface area contributed by atoms with Gasteiger partial charge < -0.3 is 19.6 Å². The van der Waals surface area contributed by atoms with Crippen LogP contribution in [0.1, 0.15) is 6.42 Å². The third-order valence-electron chi connectivity index (χ3n) is 4.46. The van der Waals surface area contributed by atoms with Gasteiger partial charge in [-0.1, -0.05) is 6.07 Å². The number of carbonyl (C=O) groups excluding carboxylic acids is 1. The molecule has 8 nitrogen and oxygen atoms in total. The molecule has 0 spiro atoms. The number of hydrogen-bond acceptors (Lipinski definition) is 6. The van der Waals surface area contributed by atoms with Crippen LogP contribution >= 0.6 is 0 Å². The van der Waals surface area contributed by atoms with Crippen molar-refractivity contribution in [1.29, 1.82) is 0 Å². The lowest BCUT2D eigenvalue weighted by molar-refractivity contribution is -0.384. The average molecular weight is 371 g/mol. The first-order valence-electron chi connectivity index (χ1n) is 8.72. The molecular weight excluding hydrogens is 350 g/mol. The monoisotopic (exact) mass is 371 g/mol. The lowest BCUT2D eigenvalue weighted by atomic mass is 10.2. The molecule has 1 N–H and O–H groups in total. The minimum absolute atomic E-state index is 0.0208. The predicted octanol–water partition coefficient (Wildman–Crippen LogP) is 2.42. The van der Waals surface area contributed by atoms with E-state index in [9.17, 15) is 20.0 Å². The van der Waals surface area contributed by atoms with Crippen molar-refractivity contribution in [3.63, 3.8) is 0 Å². The minimum atomic E-state index is -0.405. The Morgan fingerprint density at radius 1 is 1.11 bits per heavy atom. The highest BCUT2D eigenvalue weighted by Crippen LogP contribution is 2.22. The van der Waals surface area contributed by atoms with Gasteiger partial charge in [0.25, 0.3) is 5.69 Å². The molecule has 2 aromatic carbocycles. The Morgan fingerprint density at radius 3 is 2.48 bits per heavy atom. The van der Waals surface area contributed by atoms with Crippen LogP contribution in [0.4, 0.5) is 11.4 Å². The van der Waals surface area contributed by atoms with Crippen LogP contribution in [-0.4, -0.2) is 53.6 Å². The van der Waals surface area contributed by atoms with Crippen LogP contribution in [0.15, 0.2) is 48.5 Å². The molecule has 1 aliphatic rings. The molecule has 27 heavy (non-hydrogen) atoms. The van der Waals surface area contributed by atoms with Crippen molar-refractivity contribution in [2.45, 2.75) is 6.42 Å². The summed E-state index contributed by atoms with van der Waals surface area (Å²) in [5.41, 5.74) is 0.865. The Labute approximate surface area is 156 Å². The molecule has 0 bridgehead atoms. The highest BCUT2D eigenvalue weighted by molar-refractivity contribution is 5.76. The number of hydrogen-bond donors (Lipinski definition) is 1. The normalized spacial score (nSPS) is 14.1. The first-order valence-corrected chi connectivity index (χ1v) is 8.72. The summed E-state index contributed by atoms with van der Waals surface area (Å²) in [5.74, 6) is 0.795. The minimum Gasteiger partial charge on any atom is -0.508 e. The molecule has 1 aliphatic heterocycles. The van der Waals surface area contributed by atoms with Gasteiger partial charge in [0, 0.05) is 44.0 Å². The first-order chi connectivity index (χ1) is 13.0. The number of carbonyl (C=O) groups is 1. The van der Waals surface area contributed by atoms with Gasteiger partial charge in [-0.15, -0.1) is 0 Å². The fourth-order valence-corrected chi connectivity index (χ4v) is 2.97. The van der Waals surface area contributed by atoms with E-state index in [1.807, 2.05) is 11.0 Å². The quantitative estimate of drug-likeness (QED) is 0.619. The van der Waals surface area contributed by atoms with Crippen molar-refractivity contribution in [1.82, 2.24) is 4.90 Å². The van der Waals surface area contributed by atoms with Gasteiger partial charge in [-0.3, -0.25) is 14.9 Å². The number of nitrogens with zero attached hydrogens (tertiary/aromatic N) is 3. The Bertz CT molecular complexity index is 801. The van der Waals surface area contributed by atoms with Gasteiger partial charge in [-0.25, -0.2) is 0 Å². The van der Waals surface area contributed by atoms with E-state index in [4.69, 9.17) is 4.74 Å². The van der Waals surface area contributed by atoms with Crippen molar-refractivity contribution in [3.05, 3.63) is 58.6 Å². The molecule has 142 valence electrons. The van der Waals surface area contributed by atoms with Crippen molar-refractivity contribution in [2.75, 3.05) is 37.7 Å². The van der Waals surface area contributed by atoms with Crippen molar-refractivity contribution >= 4 is 17.3 Å². The van der Waals surface area contributed by atoms with Crippen molar-refractivity contribution in [3.8, 4) is 11.5 Å². The van der Waals surface area contributed by atoms with Crippen LogP contribution < -0.4 is 9.64 Å². The highest BCUT2D eigenvalue weighted by atomic mass is 16.6. The summed E-state index contributed by atoms with van der Waals surface area (Å²) >= 11 is 0. The smallest absolute Gasteiger partial charge is 0.271 e. The van der Waals surface area contributed by atoms with Crippen LogP contribution in [0.25, 0.3) is 0 Å². The summed E-state index contributed by atoms with van der Waals surface area (Å²) in [6, 6.07) is 12.9. The average Bonchev–Trinajstić information content (AvgIpc) is 2.69. The van der Waals surface area contributed by atoms with Crippen LogP contribution in [0.3, 0.4) is 0 Å². The molecular formula is C19H21N3O5. The third-order valence-corrected chi connectivity index (χ3v) is 4.46. The van der Waals surface area contributed by atoms with Gasteiger partial charge in [-0.2, -0.15) is 0 Å². The van der Waals surface area contributed by atoms with Gasteiger partial charge in [0.15, 0.2) is 0 Å². The number of non-ortho nitro benzene ring substituents is 1. The van der Waals surface area contributed by atoms with E-state index >= 15 is 0 Å². The molecule has 0 saturated carbocycles. The molecule has 1 amide bonds. The number of nitro groups is 1. The fourth-order valence-electron chi connectivity index (χ4n) is 2.97. The molecule has 0 radical (unpaired) electrons. The van der Waals surface area contributed by atoms with Gasteiger partial charge >= 0.3 is 0 Å². The van der Waals surface area contributed by atoms with Crippen LogP contribution in [-0.2, 0) is 4.79 Å². The number of benzene rings is 2. The SMILES string of the molecule is O=C(CCOc1ccc(O)cc1)N1CCN(c2cccc([N+](=O)[O-])c2)CC1. The molecule has 0 atom stereocenters. The maximum atomic E-state index is 12.3. The molecule has 1 heterocycles. The van der Waals surface area contributed by atoms with E-state index in [1.165, 1.54) is 18.2 Å². The van der Waals surface area contributed by atoms with E-state index in [2.05, 4.69) is 0 Å². The topological polar surface area (TPSA) is 96.2 Å². The predicted molar refractivity (Wildman–Crippen MR) is 100 cm³/mol. The lowest BCUT2D eigenvalue weighted by Crippen LogP contribution is -2.49. The number of phenolic OH excluding ortho intramolecular Hbond substituents is 1. The second-order valence-electron chi connectivity index (χ2n) is 6.24. The number of rotatable bonds is 6. The number of phenols is 1. The van der Waals surface area contributed by atoms with E-state index in [1.54, 1.807) is 29.2 Å². The third kappa shape index (κ3) is 4.87. The molecule has 0 aromatic heterocycles. The van der Waals surface area contributed by atoms with Crippen LogP contribution in [0.5, 0.6) is 11.5 Å². The second kappa shape index (κ2) is 8.39. The highest BCUT2D eigenvalue weighted by Gasteiger charge is 2.22. The summed E-state index contributed by atoms with van der Waals surface area (Å²) in [5, 5.41) is 20.1. The van der Waals surface area contributed by atoms with E-state index < -0.39 is 4.92 Å². The Kier molecular flexibility index (Phi) is 5.75. The Hall–Kier alpha value is -3.29. The molecule has 0 aliphatic carbocycles. The van der Waals surface area contributed by atoms with E-state index in [0.29, 0.717) is 31.9 Å². The van der Waals surface area contributed by atoms with E-state index in [-0.39, 0.29) is 30.4 Å². The molecule has 0 unspecified atom stereocenters. The lowest BCUT2D eigenvalue weighted by Gasteiger charge is -2.36. The Morgan fingerprint density at radius 2 is 1.81 bits per heavy atom. The zero-order valence-electron chi connectivity index (χ0n) is 14.8. The molecule has 8 heteroatoms. The van der Waals surface area contributed by atoms with E-state index in [0.717, 1.165) is 5.69 Å². The van der Waals surface area contributed by atoms with Crippen molar-refractivity contribution in [2.24, 2.45) is 0 Å². The van der Waals surface area contributed by atoms with Gasteiger partial charge in [0.2, 0.25) is 5.91 Å². The zero-order valence-corrected chi connectivity index (χ0v) is 14.8. The number of anilines is 1. The maximum Gasteiger partial charge on any atom is 0.271 e. The summed E-state index contributed by atoms with van der Waals surface area (Å²) in [6.07, 6.45) is 0.275. The number of aromatic hydroxyl groups is 1. The van der Waals surface area contributed by atoms with Crippen LogP contribution in [0.2, 0.25) is 0 Å². The number of nitro benzene ring substituents is 1. The number of ether oxygens (including phenoxy) is 1. The molecule has 3 rings (SSSR count). The molecule has 1 fully saturated rings. The van der Waals surface area contributed by atoms with Gasteiger partial charge in [-0.05, 0) is 30.3 Å². The fraction of sp³-hybridized carbons (Fsp3) is 0.316. The van der Waals surface area contributed by atoms with Gasteiger partial charge in [0.05, 0.1) is 18.0 Å². The molecule has 1 saturated heterocycles. The maximum absolute atomic E-state index is 12.3. The summed E-state index contributed by atoms with van der Waals surface area (Å²) in [6.45, 7) is 2.67. The number of amides is 1. The number of piperazine rings is 1. The first kappa shape index (κ1) is 18.5. The standard InChI is InChI=1S/C19H21N3O5/c23-17-4-6-18(7-5-17)27-13-8-19(24)21-11-9-20(10-12-21)15-2-1-3-16(14-15)22(25)26/h1-7,14,23H,8-13H2. The Balaban J connectivity index is 1.45. The zero-order chi connectivity index (χ0) is 19.2. The largest absolute Gasteiger partial charge is 0.508 e. The van der Waals surface area contributed by atoms with Crippen molar-refractivity contribution < 1.29 is 19.6 Å². The second-order valence-corrected chi connectivity index (χ2v) is 6.24. The van der Waals surface area contributed by atoms with Crippen LogP contribution in [0, 0.1) is 10.1 Å². The van der Waals surface area contributed by atoms with Gasteiger partial charge in [0.1, 0.15) is 11.5 Å². The summed E-state index contributed by atoms with van der Waals surface area (Å²) in [4.78, 5) is 26.7. The summed E-state index contributed by atoms with van der Waals surface area (Å²) < 4.78 is 5.52. The summed E-state index contributed by atoms with van der Waals surface area (Å²) in [7, 11) is 0. The molecule has 2 aromatic rings.